The molecule has 0 unspecified atom stereocenters. The first-order valence-corrected chi connectivity index (χ1v) is 10.9. The number of anilines is 1. The van der Waals surface area contributed by atoms with Crippen molar-refractivity contribution in [2.24, 2.45) is 0 Å². The maximum atomic E-state index is 12.3. The molecule has 0 aliphatic rings. The molecule has 2 aromatic heterocycles. The Morgan fingerprint density at radius 3 is 2.71 bits per heavy atom. The maximum Gasteiger partial charge on any atom is 0.269 e. The van der Waals surface area contributed by atoms with E-state index >= 15 is 0 Å². The zero-order chi connectivity index (χ0) is 22.2. The molecule has 31 heavy (non-hydrogen) atoms. The second-order valence-corrected chi connectivity index (χ2v) is 7.12. The van der Waals surface area contributed by atoms with Gasteiger partial charge in [0.05, 0.1) is 29.7 Å². The lowest BCUT2D eigenvalue weighted by Gasteiger charge is -2.09. The van der Waals surface area contributed by atoms with Gasteiger partial charge in [-0.25, -0.2) is 14.6 Å². The zero-order valence-corrected chi connectivity index (χ0v) is 18.0. The predicted octanol–water partition coefficient (Wildman–Crippen LogP) is 2.33. The molecule has 3 rings (SSSR count). The molecular weight excluding hydrogens is 422 g/mol. The number of nitrogens with one attached hydrogen (secondary N) is 2. The van der Waals surface area contributed by atoms with Gasteiger partial charge in [0, 0.05) is 37.4 Å². The molecule has 164 valence electrons. The highest BCUT2D eigenvalue weighted by Crippen LogP contribution is 2.23. The highest BCUT2D eigenvalue weighted by atomic mass is 32.2. The molecule has 0 bridgehead atoms. The van der Waals surface area contributed by atoms with Crippen LogP contribution in [0.3, 0.4) is 0 Å². The first-order chi connectivity index (χ1) is 15.0. The van der Waals surface area contributed by atoms with E-state index in [2.05, 4.69) is 25.7 Å². The molecule has 12 heteroatoms. The molecular formula is C19H23N7O4S. The van der Waals surface area contributed by atoms with Crippen molar-refractivity contribution in [3.63, 3.8) is 0 Å². The SMILES string of the molecule is CCOCCNc1nc(SC)nc2c1cnn2CCNC(=O)c1ccc([N+](=O)[O-])cc1. The maximum absolute atomic E-state index is 12.3. The third kappa shape index (κ3) is 5.67. The first kappa shape index (κ1) is 22.4. The van der Waals surface area contributed by atoms with E-state index < -0.39 is 4.92 Å². The number of nitro groups is 1. The molecule has 0 saturated carbocycles. The molecule has 0 aliphatic heterocycles. The summed E-state index contributed by atoms with van der Waals surface area (Å²) in [6.07, 6.45) is 3.59. The lowest BCUT2D eigenvalue weighted by Crippen LogP contribution is -2.27. The van der Waals surface area contributed by atoms with Gasteiger partial charge in [0.15, 0.2) is 10.8 Å². The summed E-state index contributed by atoms with van der Waals surface area (Å²) in [6, 6.07) is 5.46. The number of nitrogens with zero attached hydrogens (tertiary/aromatic N) is 5. The van der Waals surface area contributed by atoms with Crippen molar-refractivity contribution < 1.29 is 14.5 Å². The molecule has 0 saturated heterocycles. The van der Waals surface area contributed by atoms with Crippen molar-refractivity contribution in [3.05, 3.63) is 46.1 Å². The highest BCUT2D eigenvalue weighted by Gasteiger charge is 2.14. The van der Waals surface area contributed by atoms with Gasteiger partial charge in [-0.15, -0.1) is 0 Å². The number of hydrogen-bond acceptors (Lipinski definition) is 9. The van der Waals surface area contributed by atoms with Crippen LogP contribution in [0.5, 0.6) is 0 Å². The van der Waals surface area contributed by atoms with Crippen LogP contribution < -0.4 is 10.6 Å². The van der Waals surface area contributed by atoms with Crippen molar-refractivity contribution in [3.8, 4) is 0 Å². The molecule has 0 spiro atoms. The number of non-ortho nitro benzene ring substituents is 1. The minimum Gasteiger partial charge on any atom is -0.380 e. The summed E-state index contributed by atoms with van der Waals surface area (Å²) in [5.74, 6) is 0.374. The predicted molar refractivity (Wildman–Crippen MR) is 118 cm³/mol. The van der Waals surface area contributed by atoms with Gasteiger partial charge in [-0.05, 0) is 25.3 Å². The monoisotopic (exact) mass is 445 g/mol. The second-order valence-electron chi connectivity index (χ2n) is 6.35. The topological polar surface area (TPSA) is 137 Å². The van der Waals surface area contributed by atoms with Crippen LogP contribution in [0, 0.1) is 10.1 Å². The van der Waals surface area contributed by atoms with Crippen LogP contribution in [0.25, 0.3) is 11.0 Å². The van der Waals surface area contributed by atoms with Crippen molar-refractivity contribution in [2.75, 3.05) is 37.9 Å². The summed E-state index contributed by atoms with van der Waals surface area (Å²) >= 11 is 1.43. The fourth-order valence-electron chi connectivity index (χ4n) is 2.82. The second kappa shape index (κ2) is 10.7. The first-order valence-electron chi connectivity index (χ1n) is 9.65. The van der Waals surface area contributed by atoms with E-state index in [1.807, 2.05) is 13.2 Å². The van der Waals surface area contributed by atoms with Crippen LogP contribution in [-0.4, -0.2) is 63.1 Å². The Bertz CT molecular complexity index is 1060. The summed E-state index contributed by atoms with van der Waals surface area (Å²) in [4.78, 5) is 31.6. The fourth-order valence-corrected chi connectivity index (χ4v) is 3.18. The Hall–Kier alpha value is -3.25. The van der Waals surface area contributed by atoms with Crippen molar-refractivity contribution in [1.29, 1.82) is 0 Å². The average Bonchev–Trinajstić information content (AvgIpc) is 3.19. The summed E-state index contributed by atoms with van der Waals surface area (Å²) in [7, 11) is 0. The number of aromatic nitrogens is 4. The number of carbonyl (C=O) groups is 1. The number of rotatable bonds is 11. The normalized spacial score (nSPS) is 10.9. The number of amides is 1. The standard InChI is InChI=1S/C19H23N7O4S/c1-3-30-11-9-20-16-15-12-22-25(17(15)24-19(23-16)31-2)10-8-21-18(27)13-4-6-14(7-5-13)26(28)29/h4-7,12H,3,8-11H2,1-2H3,(H,21,27)(H,20,23,24). The number of thioether (sulfide) groups is 1. The minimum atomic E-state index is -0.505. The van der Waals surface area contributed by atoms with E-state index in [1.165, 1.54) is 36.0 Å². The summed E-state index contributed by atoms with van der Waals surface area (Å²) < 4.78 is 7.06. The smallest absolute Gasteiger partial charge is 0.269 e. The highest BCUT2D eigenvalue weighted by molar-refractivity contribution is 7.98. The van der Waals surface area contributed by atoms with Crippen molar-refractivity contribution >= 4 is 40.2 Å². The molecule has 0 fully saturated rings. The van der Waals surface area contributed by atoms with E-state index in [-0.39, 0.29) is 11.6 Å². The molecule has 0 atom stereocenters. The largest absolute Gasteiger partial charge is 0.380 e. The number of fused-ring (bicyclic) bond motifs is 1. The van der Waals surface area contributed by atoms with Gasteiger partial charge in [0.2, 0.25) is 0 Å². The fraction of sp³-hybridized carbons (Fsp3) is 0.368. The molecule has 2 N–H and O–H groups in total. The van der Waals surface area contributed by atoms with Gasteiger partial charge >= 0.3 is 0 Å². The third-order valence-corrected chi connectivity index (χ3v) is 4.90. The molecule has 0 radical (unpaired) electrons. The molecule has 1 aromatic carbocycles. The van der Waals surface area contributed by atoms with Gasteiger partial charge in [-0.1, -0.05) is 11.8 Å². The van der Waals surface area contributed by atoms with E-state index in [9.17, 15) is 14.9 Å². The quantitative estimate of drug-likeness (QED) is 0.150. The van der Waals surface area contributed by atoms with Gasteiger partial charge in [-0.2, -0.15) is 5.10 Å². The van der Waals surface area contributed by atoms with Gasteiger partial charge in [-0.3, -0.25) is 14.9 Å². The number of hydrogen-bond donors (Lipinski definition) is 2. The molecule has 1 amide bonds. The van der Waals surface area contributed by atoms with Crippen molar-refractivity contribution in [2.45, 2.75) is 18.6 Å². The molecule has 11 nitrogen and oxygen atoms in total. The van der Waals surface area contributed by atoms with Crippen LogP contribution in [0.4, 0.5) is 11.5 Å². The van der Waals surface area contributed by atoms with E-state index in [1.54, 1.807) is 10.9 Å². The van der Waals surface area contributed by atoms with Crippen molar-refractivity contribution in [1.82, 2.24) is 25.1 Å². The van der Waals surface area contributed by atoms with E-state index in [4.69, 9.17) is 4.74 Å². The Morgan fingerprint density at radius 1 is 1.26 bits per heavy atom. The number of ether oxygens (including phenoxy) is 1. The Kier molecular flexibility index (Phi) is 7.73. The molecule has 3 aromatic rings. The number of carbonyl (C=O) groups excluding carboxylic acids is 1. The summed E-state index contributed by atoms with van der Waals surface area (Å²) in [5, 5.41) is 22.6. The van der Waals surface area contributed by atoms with Crippen LogP contribution in [0.2, 0.25) is 0 Å². The lowest BCUT2D eigenvalue weighted by molar-refractivity contribution is -0.384. The summed E-state index contributed by atoms with van der Waals surface area (Å²) in [6.45, 7) is 4.51. The number of benzene rings is 1. The van der Waals surface area contributed by atoms with Crippen LogP contribution in [-0.2, 0) is 11.3 Å². The van der Waals surface area contributed by atoms with E-state index in [0.717, 1.165) is 5.39 Å². The van der Waals surface area contributed by atoms with E-state index in [0.29, 0.717) is 55.0 Å². The Labute approximate surface area is 182 Å². The van der Waals surface area contributed by atoms with Gasteiger partial charge < -0.3 is 15.4 Å². The van der Waals surface area contributed by atoms with Crippen LogP contribution in [0.1, 0.15) is 17.3 Å². The Balaban J connectivity index is 1.66. The molecule has 0 aliphatic carbocycles. The average molecular weight is 446 g/mol. The summed E-state index contributed by atoms with van der Waals surface area (Å²) in [5.41, 5.74) is 0.959. The zero-order valence-electron chi connectivity index (χ0n) is 17.2. The Morgan fingerprint density at radius 2 is 2.03 bits per heavy atom. The molecule has 2 heterocycles. The third-order valence-electron chi connectivity index (χ3n) is 4.35. The minimum absolute atomic E-state index is 0.0606. The van der Waals surface area contributed by atoms with Crippen LogP contribution >= 0.6 is 11.8 Å². The van der Waals surface area contributed by atoms with Crippen LogP contribution in [0.15, 0.2) is 35.6 Å². The number of nitro benzene ring substituents is 1. The lowest BCUT2D eigenvalue weighted by atomic mass is 10.2. The van der Waals surface area contributed by atoms with Gasteiger partial charge in [0.25, 0.3) is 11.6 Å². The van der Waals surface area contributed by atoms with Gasteiger partial charge in [0.1, 0.15) is 5.82 Å².